The highest BCUT2D eigenvalue weighted by molar-refractivity contribution is 7.21. The highest BCUT2D eigenvalue weighted by atomic mass is 35.5. The third-order valence-corrected chi connectivity index (χ3v) is 5.68. The number of thiophene rings is 1. The van der Waals surface area contributed by atoms with Crippen LogP contribution in [0.4, 0.5) is 0 Å². The fourth-order valence-corrected chi connectivity index (χ4v) is 4.30. The Bertz CT molecular complexity index is 1110. The number of fused-ring (bicyclic) bond motifs is 2. The molecule has 0 bridgehead atoms. The lowest BCUT2D eigenvalue weighted by molar-refractivity contribution is 0.0740. The predicted molar refractivity (Wildman–Crippen MR) is 92.2 cm³/mol. The molecule has 0 saturated heterocycles. The van der Waals surface area contributed by atoms with E-state index >= 15 is 0 Å². The Morgan fingerprint density at radius 3 is 2.74 bits per heavy atom. The minimum absolute atomic E-state index is 0.341. The smallest absolute Gasteiger partial charge is 0.396 e. The lowest BCUT2D eigenvalue weighted by Crippen LogP contribution is -2.06. The molecule has 4 rings (SSSR count). The van der Waals surface area contributed by atoms with Crippen molar-refractivity contribution in [3.63, 3.8) is 0 Å². The summed E-state index contributed by atoms with van der Waals surface area (Å²) >= 11 is 8.52. The molecule has 0 aliphatic heterocycles. The van der Waals surface area contributed by atoms with Gasteiger partial charge in [-0.05, 0) is 18.2 Å². The van der Waals surface area contributed by atoms with Crippen molar-refractivity contribution in [3.05, 3.63) is 62.1 Å². The maximum atomic E-state index is 12.4. The molecule has 0 saturated carbocycles. The van der Waals surface area contributed by atoms with Gasteiger partial charge in [-0.15, -0.1) is 11.3 Å². The van der Waals surface area contributed by atoms with Gasteiger partial charge in [-0.1, -0.05) is 41.1 Å². The molecule has 2 heterocycles. The Kier molecular flexibility index (Phi) is 3.45. The molecular formula is C16H7ClO4S2. The molecule has 4 nitrogen and oxygen atoms in total. The monoisotopic (exact) mass is 362 g/mol. The fourth-order valence-electron chi connectivity index (χ4n) is 2.22. The summed E-state index contributed by atoms with van der Waals surface area (Å²) in [6.07, 6.45) is 0. The number of carbonyl (C=O) groups is 1. The summed E-state index contributed by atoms with van der Waals surface area (Å²) in [5, 5.41) is 1.22. The average molecular weight is 363 g/mol. The van der Waals surface area contributed by atoms with E-state index in [1.807, 2.05) is 24.3 Å². The van der Waals surface area contributed by atoms with Gasteiger partial charge < -0.3 is 9.15 Å². The van der Waals surface area contributed by atoms with E-state index in [0.717, 1.165) is 21.4 Å². The van der Waals surface area contributed by atoms with E-state index in [2.05, 4.69) is 0 Å². The molecule has 114 valence electrons. The molecule has 0 atom stereocenters. The van der Waals surface area contributed by atoms with Gasteiger partial charge >= 0.3 is 10.9 Å². The molecule has 7 heteroatoms. The van der Waals surface area contributed by atoms with Crippen LogP contribution in [0.2, 0.25) is 5.02 Å². The normalized spacial score (nSPS) is 11.2. The van der Waals surface area contributed by atoms with E-state index in [1.54, 1.807) is 18.2 Å². The van der Waals surface area contributed by atoms with Crippen LogP contribution in [0.15, 0.2) is 51.7 Å². The van der Waals surface area contributed by atoms with E-state index in [-0.39, 0.29) is 0 Å². The first-order valence-electron chi connectivity index (χ1n) is 6.55. The van der Waals surface area contributed by atoms with Gasteiger partial charge in [-0.3, -0.25) is 0 Å². The second kappa shape index (κ2) is 5.49. The summed E-state index contributed by atoms with van der Waals surface area (Å²) in [4.78, 5) is 23.5. The average Bonchev–Trinajstić information content (AvgIpc) is 3.07. The second-order valence-corrected chi connectivity index (χ2v) is 7.10. The lowest BCUT2D eigenvalue weighted by Gasteiger charge is -2.02. The molecule has 2 aromatic heterocycles. The van der Waals surface area contributed by atoms with E-state index in [4.69, 9.17) is 20.8 Å². The SMILES string of the molecule is O=C(Oc1ccc2oc(=O)sc2c1)c1sc2ccccc2c1Cl. The minimum Gasteiger partial charge on any atom is -0.422 e. The number of rotatable bonds is 2. The first kappa shape index (κ1) is 14.4. The van der Waals surface area contributed by atoms with Gasteiger partial charge in [0, 0.05) is 16.2 Å². The quantitative estimate of drug-likeness (QED) is 0.374. The molecule has 0 aliphatic rings. The van der Waals surface area contributed by atoms with E-state index in [1.165, 1.54) is 11.3 Å². The maximum absolute atomic E-state index is 12.4. The number of benzene rings is 2. The van der Waals surface area contributed by atoms with E-state index < -0.39 is 10.9 Å². The molecule has 0 amide bonds. The molecular weight excluding hydrogens is 356 g/mol. The van der Waals surface area contributed by atoms with Gasteiger partial charge in [-0.2, -0.15) is 0 Å². The number of esters is 1. The Balaban J connectivity index is 1.69. The Morgan fingerprint density at radius 2 is 1.91 bits per heavy atom. The van der Waals surface area contributed by atoms with Crippen LogP contribution in [0, 0.1) is 0 Å². The Morgan fingerprint density at radius 1 is 1.09 bits per heavy atom. The zero-order chi connectivity index (χ0) is 16.0. The lowest BCUT2D eigenvalue weighted by atomic mass is 10.2. The predicted octanol–water partition coefficient (Wildman–Crippen LogP) is 4.94. The van der Waals surface area contributed by atoms with Crippen molar-refractivity contribution in [1.29, 1.82) is 0 Å². The first-order valence-corrected chi connectivity index (χ1v) is 8.56. The fraction of sp³-hybridized carbons (Fsp3) is 0. The summed E-state index contributed by atoms with van der Waals surface area (Å²) in [7, 11) is 0. The first-order chi connectivity index (χ1) is 11.1. The Labute approximate surface area is 142 Å². The molecule has 23 heavy (non-hydrogen) atoms. The zero-order valence-corrected chi connectivity index (χ0v) is 13.8. The molecule has 4 aromatic rings. The van der Waals surface area contributed by atoms with Gasteiger partial charge in [0.05, 0.1) is 9.72 Å². The summed E-state index contributed by atoms with van der Waals surface area (Å²) in [5.74, 6) is -0.181. The largest absolute Gasteiger partial charge is 0.422 e. The van der Waals surface area contributed by atoms with Gasteiger partial charge in [-0.25, -0.2) is 9.59 Å². The molecule has 0 aliphatic carbocycles. The maximum Gasteiger partial charge on any atom is 0.396 e. The van der Waals surface area contributed by atoms with Gasteiger partial charge in [0.1, 0.15) is 16.2 Å². The van der Waals surface area contributed by atoms with Crippen LogP contribution < -0.4 is 9.68 Å². The highest BCUT2D eigenvalue weighted by Crippen LogP contribution is 2.36. The summed E-state index contributed by atoms with van der Waals surface area (Å²) < 4.78 is 11.9. The molecule has 0 N–H and O–H groups in total. The number of hydrogen-bond donors (Lipinski definition) is 0. The van der Waals surface area contributed by atoms with Crippen LogP contribution in [0.25, 0.3) is 20.4 Å². The van der Waals surface area contributed by atoms with Crippen LogP contribution in [0.3, 0.4) is 0 Å². The number of halogens is 1. The molecule has 0 radical (unpaired) electrons. The Hall–Kier alpha value is -2.15. The standard InChI is InChI=1S/C16H7ClO4S2/c17-13-9-3-1-2-4-11(9)22-14(13)15(18)20-8-5-6-10-12(7-8)23-16(19)21-10/h1-7H. The number of hydrogen-bond acceptors (Lipinski definition) is 6. The van der Waals surface area contributed by atoms with Crippen molar-refractivity contribution >= 4 is 60.6 Å². The van der Waals surface area contributed by atoms with Crippen LogP contribution >= 0.6 is 34.3 Å². The zero-order valence-electron chi connectivity index (χ0n) is 11.4. The molecule has 2 aromatic carbocycles. The molecule has 0 spiro atoms. The van der Waals surface area contributed by atoms with E-state index in [0.29, 0.717) is 25.9 Å². The van der Waals surface area contributed by atoms with Gasteiger partial charge in [0.15, 0.2) is 0 Å². The molecule has 0 unspecified atom stereocenters. The third kappa shape index (κ3) is 2.55. The third-order valence-electron chi connectivity index (χ3n) is 3.23. The van der Waals surface area contributed by atoms with E-state index in [9.17, 15) is 9.59 Å². The van der Waals surface area contributed by atoms with Crippen molar-refractivity contribution in [2.75, 3.05) is 0 Å². The van der Waals surface area contributed by atoms with Crippen molar-refractivity contribution in [3.8, 4) is 5.75 Å². The van der Waals surface area contributed by atoms with Crippen molar-refractivity contribution in [2.45, 2.75) is 0 Å². The van der Waals surface area contributed by atoms with Crippen LogP contribution in [-0.4, -0.2) is 5.97 Å². The summed E-state index contributed by atoms with van der Waals surface area (Å²) in [6.45, 7) is 0. The number of carbonyl (C=O) groups excluding carboxylic acids is 1. The van der Waals surface area contributed by atoms with Crippen LogP contribution in [-0.2, 0) is 0 Å². The highest BCUT2D eigenvalue weighted by Gasteiger charge is 2.19. The molecule has 0 fully saturated rings. The van der Waals surface area contributed by atoms with Crippen molar-refractivity contribution in [2.24, 2.45) is 0 Å². The summed E-state index contributed by atoms with van der Waals surface area (Å²) in [6, 6.07) is 12.3. The van der Waals surface area contributed by atoms with Crippen LogP contribution in [0.5, 0.6) is 5.75 Å². The topological polar surface area (TPSA) is 56.5 Å². The minimum atomic E-state index is -0.522. The van der Waals surface area contributed by atoms with Gasteiger partial charge in [0.25, 0.3) is 0 Å². The number of ether oxygens (including phenoxy) is 1. The second-order valence-electron chi connectivity index (χ2n) is 4.69. The van der Waals surface area contributed by atoms with Crippen molar-refractivity contribution < 1.29 is 13.9 Å². The summed E-state index contributed by atoms with van der Waals surface area (Å²) in [5.41, 5.74) is 0.472. The van der Waals surface area contributed by atoms with Gasteiger partial charge in [0.2, 0.25) is 0 Å². The van der Waals surface area contributed by atoms with Crippen LogP contribution in [0.1, 0.15) is 9.67 Å². The van der Waals surface area contributed by atoms with Crippen molar-refractivity contribution in [1.82, 2.24) is 0 Å².